The third kappa shape index (κ3) is 2.78. The van der Waals surface area contributed by atoms with Gasteiger partial charge in [0, 0.05) is 26.0 Å². The summed E-state index contributed by atoms with van der Waals surface area (Å²) >= 11 is 0. The first kappa shape index (κ1) is 11.2. The van der Waals surface area contributed by atoms with Crippen LogP contribution in [-0.2, 0) is 11.8 Å². The van der Waals surface area contributed by atoms with Crippen molar-refractivity contribution in [2.75, 3.05) is 6.54 Å². The molecule has 1 amide bonds. The molecule has 0 spiro atoms. The highest BCUT2D eigenvalue weighted by molar-refractivity contribution is 5.91. The van der Waals surface area contributed by atoms with Crippen LogP contribution in [0.1, 0.15) is 10.6 Å². The lowest BCUT2D eigenvalue weighted by molar-refractivity contribution is -0.138. The predicted octanol–water partition coefficient (Wildman–Crippen LogP) is -1.44. The molecule has 0 saturated heterocycles. The number of carboxylic acids is 1. The van der Waals surface area contributed by atoms with E-state index in [1.807, 2.05) is 0 Å². The number of hydrogen-bond donors (Lipinski definition) is 3. The molecule has 0 aliphatic rings. The summed E-state index contributed by atoms with van der Waals surface area (Å²) in [5.41, 5.74) is 5.21. The van der Waals surface area contributed by atoms with E-state index in [1.165, 1.54) is 10.8 Å². The summed E-state index contributed by atoms with van der Waals surface area (Å²) in [5, 5.41) is 10.9. The molecular formula is C8H12N4O3. The maximum Gasteiger partial charge on any atom is 0.322 e. The van der Waals surface area contributed by atoms with Gasteiger partial charge in [-0.1, -0.05) is 0 Å². The second-order valence-electron chi connectivity index (χ2n) is 3.02. The van der Waals surface area contributed by atoms with Crippen LogP contribution < -0.4 is 11.1 Å². The minimum Gasteiger partial charge on any atom is -0.480 e. The van der Waals surface area contributed by atoms with E-state index < -0.39 is 17.9 Å². The van der Waals surface area contributed by atoms with Gasteiger partial charge in [-0.15, -0.1) is 0 Å². The molecule has 1 unspecified atom stereocenters. The number of rotatable bonds is 4. The molecule has 1 atom stereocenters. The molecule has 0 aromatic carbocycles. The lowest BCUT2D eigenvalue weighted by Gasteiger charge is -2.07. The van der Waals surface area contributed by atoms with Gasteiger partial charge in [0.05, 0.1) is 0 Å². The number of aliphatic carboxylic acids is 1. The second kappa shape index (κ2) is 4.56. The lowest BCUT2D eigenvalue weighted by atomic mass is 10.3. The SMILES string of the molecule is Cn1ccnc1C(=O)NCC(N)C(=O)O. The molecule has 7 heteroatoms. The predicted molar refractivity (Wildman–Crippen MR) is 51.2 cm³/mol. The molecule has 0 aliphatic carbocycles. The topological polar surface area (TPSA) is 110 Å². The Balaban J connectivity index is 2.51. The maximum atomic E-state index is 11.4. The fraction of sp³-hybridized carbons (Fsp3) is 0.375. The molecule has 1 heterocycles. The fourth-order valence-corrected chi connectivity index (χ4v) is 0.953. The number of aryl methyl sites for hydroxylation is 1. The van der Waals surface area contributed by atoms with E-state index in [1.54, 1.807) is 13.2 Å². The van der Waals surface area contributed by atoms with Crippen molar-refractivity contribution in [3.8, 4) is 0 Å². The van der Waals surface area contributed by atoms with Crippen LogP contribution >= 0.6 is 0 Å². The summed E-state index contributed by atoms with van der Waals surface area (Å²) < 4.78 is 1.53. The molecule has 1 aromatic heterocycles. The number of imidazole rings is 1. The normalized spacial score (nSPS) is 12.1. The fourth-order valence-electron chi connectivity index (χ4n) is 0.953. The Morgan fingerprint density at radius 1 is 1.73 bits per heavy atom. The van der Waals surface area contributed by atoms with Crippen molar-refractivity contribution in [3.63, 3.8) is 0 Å². The van der Waals surface area contributed by atoms with Gasteiger partial charge in [0.25, 0.3) is 5.91 Å². The maximum absolute atomic E-state index is 11.4. The third-order valence-corrected chi connectivity index (χ3v) is 1.82. The zero-order valence-corrected chi connectivity index (χ0v) is 8.17. The highest BCUT2D eigenvalue weighted by atomic mass is 16.4. The van der Waals surface area contributed by atoms with Crippen LogP contribution in [-0.4, -0.2) is 39.1 Å². The van der Waals surface area contributed by atoms with Gasteiger partial charge in [0.2, 0.25) is 0 Å². The number of nitrogens with two attached hydrogens (primary N) is 1. The number of nitrogens with zero attached hydrogens (tertiary/aromatic N) is 2. The van der Waals surface area contributed by atoms with Crippen LogP contribution in [0.25, 0.3) is 0 Å². The summed E-state index contributed by atoms with van der Waals surface area (Å²) in [5.74, 6) is -1.39. The van der Waals surface area contributed by atoms with Crippen molar-refractivity contribution in [2.45, 2.75) is 6.04 Å². The van der Waals surface area contributed by atoms with Gasteiger partial charge in [-0.05, 0) is 0 Å². The number of aromatic nitrogens is 2. The van der Waals surface area contributed by atoms with Crippen molar-refractivity contribution in [1.29, 1.82) is 0 Å². The first-order chi connectivity index (χ1) is 7.02. The molecule has 0 bridgehead atoms. The van der Waals surface area contributed by atoms with Crippen LogP contribution in [0.3, 0.4) is 0 Å². The van der Waals surface area contributed by atoms with Crippen molar-refractivity contribution < 1.29 is 14.7 Å². The number of nitrogens with one attached hydrogen (secondary N) is 1. The molecule has 1 aromatic rings. The minimum absolute atomic E-state index is 0.124. The summed E-state index contributed by atoms with van der Waals surface area (Å²) in [7, 11) is 1.67. The molecular weight excluding hydrogens is 200 g/mol. The molecule has 7 nitrogen and oxygen atoms in total. The van der Waals surface area contributed by atoms with Gasteiger partial charge in [0.15, 0.2) is 5.82 Å². The average Bonchev–Trinajstić information content (AvgIpc) is 2.60. The summed E-state index contributed by atoms with van der Waals surface area (Å²) in [4.78, 5) is 25.6. The Morgan fingerprint density at radius 2 is 2.40 bits per heavy atom. The smallest absolute Gasteiger partial charge is 0.322 e. The highest BCUT2D eigenvalue weighted by Gasteiger charge is 2.15. The van der Waals surface area contributed by atoms with E-state index in [0.29, 0.717) is 0 Å². The van der Waals surface area contributed by atoms with Crippen LogP contribution in [0.2, 0.25) is 0 Å². The number of carbonyl (C=O) groups excluding carboxylic acids is 1. The number of hydrogen-bond acceptors (Lipinski definition) is 4. The van der Waals surface area contributed by atoms with E-state index in [2.05, 4.69) is 10.3 Å². The molecule has 82 valence electrons. The Kier molecular flexibility index (Phi) is 3.40. The molecule has 0 aliphatic heterocycles. The van der Waals surface area contributed by atoms with Crippen LogP contribution in [0.15, 0.2) is 12.4 Å². The largest absolute Gasteiger partial charge is 0.480 e. The monoisotopic (exact) mass is 212 g/mol. The summed E-state index contributed by atoms with van der Waals surface area (Å²) in [6.07, 6.45) is 3.10. The van der Waals surface area contributed by atoms with Crippen molar-refractivity contribution >= 4 is 11.9 Å². The molecule has 0 saturated carbocycles. The molecule has 1 rings (SSSR count). The van der Waals surface area contributed by atoms with E-state index in [9.17, 15) is 9.59 Å². The standard InChI is InChI=1S/C8H12N4O3/c1-12-3-2-10-6(12)7(13)11-4-5(9)8(14)15/h2-3,5H,4,9H2,1H3,(H,11,13)(H,14,15). The number of amides is 1. The van der Waals surface area contributed by atoms with Gasteiger partial charge < -0.3 is 20.7 Å². The van der Waals surface area contributed by atoms with Gasteiger partial charge in [-0.25, -0.2) is 4.98 Å². The quantitative estimate of drug-likeness (QED) is 0.566. The number of carbonyl (C=O) groups is 2. The van der Waals surface area contributed by atoms with Crippen molar-refractivity contribution in [3.05, 3.63) is 18.2 Å². The van der Waals surface area contributed by atoms with E-state index in [-0.39, 0.29) is 12.4 Å². The average molecular weight is 212 g/mol. The van der Waals surface area contributed by atoms with Crippen molar-refractivity contribution in [1.82, 2.24) is 14.9 Å². The minimum atomic E-state index is -1.16. The van der Waals surface area contributed by atoms with Crippen LogP contribution in [0, 0.1) is 0 Å². The zero-order valence-electron chi connectivity index (χ0n) is 8.17. The van der Waals surface area contributed by atoms with Crippen molar-refractivity contribution in [2.24, 2.45) is 12.8 Å². The molecule has 15 heavy (non-hydrogen) atoms. The Hall–Kier alpha value is -1.89. The van der Waals surface area contributed by atoms with E-state index >= 15 is 0 Å². The molecule has 0 radical (unpaired) electrons. The van der Waals surface area contributed by atoms with Gasteiger partial charge in [-0.3, -0.25) is 9.59 Å². The van der Waals surface area contributed by atoms with Gasteiger partial charge >= 0.3 is 5.97 Å². The van der Waals surface area contributed by atoms with Crippen LogP contribution in [0.4, 0.5) is 0 Å². The summed E-state index contributed by atoms with van der Waals surface area (Å²) in [6, 6.07) is -1.10. The van der Waals surface area contributed by atoms with Gasteiger partial charge in [0.1, 0.15) is 6.04 Å². The number of carboxylic acid groups (broad SMARTS) is 1. The van der Waals surface area contributed by atoms with Gasteiger partial charge in [-0.2, -0.15) is 0 Å². The Labute approximate surface area is 85.9 Å². The second-order valence-corrected chi connectivity index (χ2v) is 3.02. The molecule has 0 fully saturated rings. The Morgan fingerprint density at radius 3 is 2.87 bits per heavy atom. The highest BCUT2D eigenvalue weighted by Crippen LogP contribution is 1.93. The molecule has 4 N–H and O–H groups in total. The Bertz CT molecular complexity index is 374. The third-order valence-electron chi connectivity index (χ3n) is 1.82. The lowest BCUT2D eigenvalue weighted by Crippen LogP contribution is -2.42. The zero-order chi connectivity index (χ0) is 11.4. The van der Waals surface area contributed by atoms with E-state index in [0.717, 1.165) is 0 Å². The first-order valence-electron chi connectivity index (χ1n) is 4.26. The van der Waals surface area contributed by atoms with E-state index in [4.69, 9.17) is 10.8 Å². The van der Waals surface area contributed by atoms with Crippen LogP contribution in [0.5, 0.6) is 0 Å². The first-order valence-corrected chi connectivity index (χ1v) is 4.26. The summed E-state index contributed by atoms with van der Waals surface area (Å²) in [6.45, 7) is -0.124.